The summed E-state index contributed by atoms with van der Waals surface area (Å²) in [5.41, 5.74) is 1.85. The van der Waals surface area contributed by atoms with E-state index < -0.39 is 0 Å². The summed E-state index contributed by atoms with van der Waals surface area (Å²) in [4.78, 5) is 15.4. The molecule has 0 N–H and O–H groups in total. The molecule has 0 unspecified atom stereocenters. The van der Waals surface area contributed by atoms with E-state index in [1.54, 1.807) is 0 Å². The Morgan fingerprint density at radius 3 is 2.68 bits per heavy atom. The molecular weight excluding hydrogens is 254 g/mol. The average Bonchev–Trinajstić information content (AvgIpc) is 2.42. The number of rotatable bonds is 3. The van der Waals surface area contributed by atoms with Gasteiger partial charge in [-0.1, -0.05) is 25.8 Å². The number of hydrogen-bond acceptors (Lipinski definition) is 2. The topological polar surface area (TPSA) is 20.3 Å². The first-order valence-corrected chi connectivity index (χ1v) is 7.65. The molecule has 0 spiro atoms. The van der Waals surface area contributed by atoms with Crippen molar-refractivity contribution < 1.29 is 4.79 Å². The van der Waals surface area contributed by atoms with Crippen LogP contribution in [0.2, 0.25) is 0 Å². The van der Waals surface area contributed by atoms with Crippen molar-refractivity contribution in [2.45, 2.75) is 44.4 Å². The third-order valence-corrected chi connectivity index (χ3v) is 4.33. The molecule has 1 fully saturated rings. The number of carbonyl (C=O) groups excluding carboxylic acids is 1. The van der Waals surface area contributed by atoms with E-state index in [1.165, 1.54) is 12.8 Å². The highest BCUT2D eigenvalue weighted by Crippen LogP contribution is 2.24. The van der Waals surface area contributed by atoms with Crippen LogP contribution >= 0.6 is 12.6 Å². The van der Waals surface area contributed by atoms with Crippen molar-refractivity contribution in [2.24, 2.45) is 5.92 Å². The Kier molecular flexibility index (Phi) is 4.92. The maximum absolute atomic E-state index is 12.5. The van der Waals surface area contributed by atoms with Crippen LogP contribution in [-0.2, 0) is 0 Å². The van der Waals surface area contributed by atoms with Gasteiger partial charge in [0.2, 0.25) is 0 Å². The maximum Gasteiger partial charge on any atom is 0.254 e. The number of hydrogen-bond donors (Lipinski definition) is 1. The second-order valence-electron chi connectivity index (χ2n) is 5.52. The fourth-order valence-corrected chi connectivity index (χ4v) is 3.05. The van der Waals surface area contributed by atoms with E-state index in [4.69, 9.17) is 0 Å². The summed E-state index contributed by atoms with van der Waals surface area (Å²) in [6, 6.07) is 5.79. The first-order chi connectivity index (χ1) is 9.11. The number of benzene rings is 1. The van der Waals surface area contributed by atoms with E-state index in [0.717, 1.165) is 47.9 Å². The largest absolute Gasteiger partial charge is 0.339 e. The van der Waals surface area contributed by atoms with Crippen LogP contribution in [0.1, 0.15) is 48.5 Å². The Morgan fingerprint density at radius 2 is 2.05 bits per heavy atom. The van der Waals surface area contributed by atoms with Crippen molar-refractivity contribution in [1.29, 1.82) is 0 Å². The van der Waals surface area contributed by atoms with Crippen molar-refractivity contribution in [3.63, 3.8) is 0 Å². The third kappa shape index (κ3) is 3.53. The van der Waals surface area contributed by atoms with Crippen LogP contribution in [-0.4, -0.2) is 23.9 Å². The van der Waals surface area contributed by atoms with Crippen molar-refractivity contribution >= 4 is 18.5 Å². The molecule has 1 saturated heterocycles. The molecule has 1 aliphatic heterocycles. The lowest BCUT2D eigenvalue weighted by Gasteiger charge is -2.32. The summed E-state index contributed by atoms with van der Waals surface area (Å²) in [5, 5.41) is 0. The van der Waals surface area contributed by atoms with Gasteiger partial charge in [-0.3, -0.25) is 4.79 Å². The second kappa shape index (κ2) is 6.47. The lowest BCUT2D eigenvalue weighted by Crippen LogP contribution is -2.38. The first-order valence-electron chi connectivity index (χ1n) is 7.20. The number of carbonyl (C=O) groups is 1. The molecule has 0 bridgehead atoms. The van der Waals surface area contributed by atoms with Gasteiger partial charge >= 0.3 is 0 Å². The molecule has 1 aromatic rings. The molecule has 1 amide bonds. The van der Waals surface area contributed by atoms with Crippen LogP contribution in [0.3, 0.4) is 0 Å². The van der Waals surface area contributed by atoms with Crippen LogP contribution < -0.4 is 0 Å². The minimum atomic E-state index is 0.170. The zero-order chi connectivity index (χ0) is 13.8. The zero-order valence-electron chi connectivity index (χ0n) is 11.9. The summed E-state index contributed by atoms with van der Waals surface area (Å²) in [7, 11) is 0. The van der Waals surface area contributed by atoms with Crippen molar-refractivity contribution in [3.8, 4) is 0 Å². The highest BCUT2D eigenvalue weighted by atomic mass is 32.1. The van der Waals surface area contributed by atoms with E-state index in [0.29, 0.717) is 0 Å². The van der Waals surface area contributed by atoms with Gasteiger partial charge in [0.1, 0.15) is 0 Å². The van der Waals surface area contributed by atoms with Crippen molar-refractivity contribution in [1.82, 2.24) is 4.90 Å². The predicted octanol–water partition coefficient (Wildman–Crippen LogP) is 3.94. The van der Waals surface area contributed by atoms with Gasteiger partial charge in [-0.25, -0.2) is 0 Å². The molecule has 19 heavy (non-hydrogen) atoms. The van der Waals surface area contributed by atoms with Gasteiger partial charge in [-0.15, -0.1) is 12.6 Å². The quantitative estimate of drug-likeness (QED) is 0.830. The summed E-state index contributed by atoms with van der Waals surface area (Å²) >= 11 is 4.33. The smallest absolute Gasteiger partial charge is 0.254 e. The molecule has 3 heteroatoms. The Morgan fingerprint density at radius 1 is 1.37 bits per heavy atom. The Hall–Kier alpha value is -0.960. The summed E-state index contributed by atoms with van der Waals surface area (Å²) < 4.78 is 0. The standard InChI is InChI=1S/C16H23NOS/c1-3-4-13-7-9-17(10-8-13)16(18)15-11-14(19)6-5-12(15)2/h5-6,11,13,19H,3-4,7-10H2,1-2H3. The van der Waals surface area contributed by atoms with Crippen molar-refractivity contribution in [3.05, 3.63) is 29.3 Å². The van der Waals surface area contributed by atoms with E-state index in [2.05, 4.69) is 19.6 Å². The van der Waals surface area contributed by atoms with Crippen LogP contribution in [0.5, 0.6) is 0 Å². The maximum atomic E-state index is 12.5. The Balaban J connectivity index is 2.03. The van der Waals surface area contributed by atoms with Gasteiger partial charge < -0.3 is 4.90 Å². The van der Waals surface area contributed by atoms with E-state index >= 15 is 0 Å². The minimum Gasteiger partial charge on any atom is -0.339 e. The molecule has 0 radical (unpaired) electrons. The molecule has 1 heterocycles. The van der Waals surface area contributed by atoms with Crippen LogP contribution in [0.4, 0.5) is 0 Å². The summed E-state index contributed by atoms with van der Waals surface area (Å²) in [6.45, 7) is 6.03. The molecule has 0 aromatic heterocycles. The highest BCUT2D eigenvalue weighted by Gasteiger charge is 2.23. The molecule has 2 rings (SSSR count). The molecule has 2 nitrogen and oxygen atoms in total. The average molecular weight is 277 g/mol. The van der Waals surface area contributed by atoms with Gasteiger partial charge in [0.25, 0.3) is 5.91 Å². The predicted molar refractivity (Wildman–Crippen MR) is 82.0 cm³/mol. The zero-order valence-corrected chi connectivity index (χ0v) is 12.7. The molecule has 1 aromatic carbocycles. The summed E-state index contributed by atoms with van der Waals surface area (Å²) in [5.74, 6) is 0.981. The fraction of sp³-hybridized carbons (Fsp3) is 0.562. The van der Waals surface area contributed by atoms with E-state index in [9.17, 15) is 4.79 Å². The lowest BCUT2D eigenvalue weighted by atomic mass is 9.92. The number of amides is 1. The number of thiol groups is 1. The number of piperidine rings is 1. The molecule has 0 saturated carbocycles. The fourth-order valence-electron chi connectivity index (χ4n) is 2.84. The van der Waals surface area contributed by atoms with E-state index in [-0.39, 0.29) is 5.91 Å². The molecule has 0 atom stereocenters. The van der Waals surface area contributed by atoms with Crippen LogP contribution in [0.15, 0.2) is 23.1 Å². The number of nitrogens with zero attached hydrogens (tertiary/aromatic N) is 1. The third-order valence-electron chi connectivity index (χ3n) is 4.05. The minimum absolute atomic E-state index is 0.170. The lowest BCUT2D eigenvalue weighted by molar-refractivity contribution is 0.0685. The monoisotopic (exact) mass is 277 g/mol. The van der Waals surface area contributed by atoms with Crippen molar-refractivity contribution in [2.75, 3.05) is 13.1 Å². The number of aryl methyl sites for hydroxylation is 1. The van der Waals surface area contributed by atoms with Crippen LogP contribution in [0, 0.1) is 12.8 Å². The van der Waals surface area contributed by atoms with Gasteiger partial charge in [-0.2, -0.15) is 0 Å². The SMILES string of the molecule is CCCC1CCN(C(=O)c2cc(S)ccc2C)CC1. The normalized spacial score (nSPS) is 16.7. The van der Waals surface area contributed by atoms with E-state index in [1.807, 2.05) is 30.0 Å². The van der Waals surface area contributed by atoms with Gasteiger partial charge in [0.05, 0.1) is 0 Å². The molecule has 104 valence electrons. The molecule has 1 aliphatic rings. The Labute approximate surface area is 121 Å². The second-order valence-corrected chi connectivity index (χ2v) is 6.04. The van der Waals surface area contributed by atoms with Gasteiger partial charge in [-0.05, 0) is 43.4 Å². The highest BCUT2D eigenvalue weighted by molar-refractivity contribution is 7.80. The first kappa shape index (κ1) is 14.4. The van der Waals surface area contributed by atoms with Gasteiger partial charge in [0, 0.05) is 23.5 Å². The van der Waals surface area contributed by atoms with Gasteiger partial charge in [0.15, 0.2) is 0 Å². The molecule has 0 aliphatic carbocycles. The number of likely N-dealkylation sites (tertiary alicyclic amines) is 1. The molecular formula is C16H23NOS. The van der Waals surface area contributed by atoms with Crippen LogP contribution in [0.25, 0.3) is 0 Å². The summed E-state index contributed by atoms with van der Waals surface area (Å²) in [6.07, 6.45) is 4.85. The Bertz CT molecular complexity index is 450.